The van der Waals surface area contributed by atoms with Gasteiger partial charge in [-0.2, -0.15) is 5.10 Å². The molecule has 2 aromatic rings. The van der Waals surface area contributed by atoms with Crippen molar-refractivity contribution in [2.75, 3.05) is 45.7 Å². The molecule has 1 aromatic carbocycles. The third-order valence-corrected chi connectivity index (χ3v) is 5.32. The molecular formula is C22H34N8O. The van der Waals surface area contributed by atoms with Crippen molar-refractivity contribution in [3.8, 4) is 0 Å². The molecule has 0 fully saturated rings. The summed E-state index contributed by atoms with van der Waals surface area (Å²) in [4.78, 5) is 24.9. The number of nitrogens with zero attached hydrogens (tertiary/aromatic N) is 6. The fourth-order valence-electron chi connectivity index (χ4n) is 3.55. The number of carbonyl (C=O) groups excluding carboxylic acids is 1. The molecule has 1 unspecified atom stereocenters. The molecule has 0 saturated carbocycles. The lowest BCUT2D eigenvalue weighted by molar-refractivity contribution is -0.127. The van der Waals surface area contributed by atoms with Crippen LogP contribution >= 0.6 is 0 Å². The van der Waals surface area contributed by atoms with Crippen LogP contribution in [0.15, 0.2) is 35.3 Å². The van der Waals surface area contributed by atoms with Gasteiger partial charge in [0.15, 0.2) is 5.96 Å². The molecule has 3 rings (SSSR count). The summed E-state index contributed by atoms with van der Waals surface area (Å²) in [5.74, 6) is 2.31. The molecule has 1 aromatic heterocycles. The summed E-state index contributed by atoms with van der Waals surface area (Å²) in [6, 6.07) is 10.4. The van der Waals surface area contributed by atoms with Gasteiger partial charge < -0.3 is 20.4 Å². The number of aryl methyl sites for hydroxylation is 2. The van der Waals surface area contributed by atoms with Crippen molar-refractivity contribution in [3.63, 3.8) is 0 Å². The van der Waals surface area contributed by atoms with Crippen LogP contribution < -0.4 is 15.5 Å². The maximum absolute atomic E-state index is 12.0. The lowest BCUT2D eigenvalue weighted by Crippen LogP contribution is -2.43. The zero-order valence-electron chi connectivity index (χ0n) is 19.0. The van der Waals surface area contributed by atoms with E-state index in [0.29, 0.717) is 5.96 Å². The highest BCUT2D eigenvalue weighted by Gasteiger charge is 2.24. The van der Waals surface area contributed by atoms with Gasteiger partial charge in [-0.25, -0.2) is 14.7 Å². The average molecular weight is 427 g/mol. The van der Waals surface area contributed by atoms with Crippen LogP contribution in [0.25, 0.3) is 0 Å². The van der Waals surface area contributed by atoms with Crippen LogP contribution in [-0.2, 0) is 11.3 Å². The number of para-hydroxylation sites is 1. The SMILES string of the molecule is Cc1nc2n(n1)CCCC2NC(=NCC(=O)N(C)C)NCCCN(C)c1ccccc1. The molecule has 1 aliphatic rings. The largest absolute Gasteiger partial charge is 0.375 e. The molecule has 1 atom stereocenters. The molecule has 2 heterocycles. The monoisotopic (exact) mass is 426 g/mol. The van der Waals surface area contributed by atoms with Crippen molar-refractivity contribution >= 4 is 17.6 Å². The number of fused-ring (bicyclic) bond motifs is 1. The highest BCUT2D eigenvalue weighted by Crippen LogP contribution is 2.22. The van der Waals surface area contributed by atoms with E-state index in [0.717, 1.165) is 50.5 Å². The highest BCUT2D eigenvalue weighted by molar-refractivity contribution is 5.85. The second-order valence-electron chi connectivity index (χ2n) is 8.07. The van der Waals surface area contributed by atoms with E-state index < -0.39 is 0 Å². The Morgan fingerprint density at radius 3 is 2.77 bits per heavy atom. The molecule has 0 radical (unpaired) electrons. The van der Waals surface area contributed by atoms with E-state index in [1.165, 1.54) is 5.69 Å². The number of aliphatic imine (C=N–C) groups is 1. The molecule has 9 nitrogen and oxygen atoms in total. The Morgan fingerprint density at radius 1 is 1.26 bits per heavy atom. The number of carbonyl (C=O) groups is 1. The first-order valence-electron chi connectivity index (χ1n) is 10.9. The van der Waals surface area contributed by atoms with E-state index >= 15 is 0 Å². The first-order chi connectivity index (χ1) is 14.9. The third-order valence-electron chi connectivity index (χ3n) is 5.32. The number of rotatable bonds is 8. The summed E-state index contributed by atoms with van der Waals surface area (Å²) in [6.07, 6.45) is 2.92. The van der Waals surface area contributed by atoms with Crippen LogP contribution in [0.5, 0.6) is 0 Å². The van der Waals surface area contributed by atoms with Gasteiger partial charge in [-0.3, -0.25) is 4.79 Å². The Bertz CT molecular complexity index is 877. The Hall–Kier alpha value is -3.10. The fraction of sp³-hybridized carbons (Fsp3) is 0.545. The zero-order valence-corrected chi connectivity index (χ0v) is 19.0. The molecular weight excluding hydrogens is 392 g/mol. The Balaban J connectivity index is 1.59. The summed E-state index contributed by atoms with van der Waals surface area (Å²) >= 11 is 0. The van der Waals surface area contributed by atoms with Gasteiger partial charge in [-0.05, 0) is 38.3 Å². The van der Waals surface area contributed by atoms with Crippen molar-refractivity contribution < 1.29 is 4.79 Å². The van der Waals surface area contributed by atoms with Crippen LogP contribution in [0.3, 0.4) is 0 Å². The molecule has 1 amide bonds. The number of hydrogen-bond acceptors (Lipinski definition) is 5. The van der Waals surface area contributed by atoms with Crippen molar-refractivity contribution in [2.45, 2.75) is 38.8 Å². The van der Waals surface area contributed by atoms with Gasteiger partial charge in [0.05, 0.1) is 6.04 Å². The number of nitrogens with one attached hydrogen (secondary N) is 2. The number of anilines is 1. The summed E-state index contributed by atoms with van der Waals surface area (Å²) in [7, 11) is 5.57. The lowest BCUT2D eigenvalue weighted by atomic mass is 10.1. The van der Waals surface area contributed by atoms with Crippen molar-refractivity contribution in [3.05, 3.63) is 42.0 Å². The van der Waals surface area contributed by atoms with Crippen molar-refractivity contribution in [1.29, 1.82) is 0 Å². The lowest BCUT2D eigenvalue weighted by Gasteiger charge is -2.25. The van der Waals surface area contributed by atoms with E-state index in [2.05, 4.69) is 49.8 Å². The second-order valence-corrected chi connectivity index (χ2v) is 8.07. The maximum Gasteiger partial charge on any atom is 0.243 e. The van der Waals surface area contributed by atoms with Gasteiger partial charge in [-0.1, -0.05) is 18.2 Å². The van der Waals surface area contributed by atoms with Gasteiger partial charge in [0.1, 0.15) is 18.2 Å². The normalized spacial score (nSPS) is 15.9. The summed E-state index contributed by atoms with van der Waals surface area (Å²) in [5, 5.41) is 11.3. The van der Waals surface area contributed by atoms with Crippen LogP contribution in [0.2, 0.25) is 0 Å². The van der Waals surface area contributed by atoms with Gasteiger partial charge in [0.25, 0.3) is 0 Å². The van der Waals surface area contributed by atoms with Crippen molar-refractivity contribution in [1.82, 2.24) is 30.3 Å². The van der Waals surface area contributed by atoms with Crippen molar-refractivity contribution in [2.24, 2.45) is 4.99 Å². The average Bonchev–Trinajstić information content (AvgIpc) is 3.16. The number of likely N-dealkylation sites (N-methyl/N-ethyl adjacent to an activating group) is 1. The van der Waals surface area contributed by atoms with E-state index in [-0.39, 0.29) is 18.5 Å². The van der Waals surface area contributed by atoms with E-state index in [9.17, 15) is 4.79 Å². The maximum atomic E-state index is 12.0. The molecule has 0 bridgehead atoms. The Labute approximate surface area is 184 Å². The number of amides is 1. The molecule has 0 aliphatic carbocycles. The topological polar surface area (TPSA) is 90.7 Å². The van der Waals surface area contributed by atoms with Gasteiger partial charge >= 0.3 is 0 Å². The van der Waals surface area contributed by atoms with Crippen LogP contribution in [-0.4, -0.2) is 72.3 Å². The minimum Gasteiger partial charge on any atom is -0.375 e. The Morgan fingerprint density at radius 2 is 2.03 bits per heavy atom. The summed E-state index contributed by atoms with van der Waals surface area (Å²) < 4.78 is 1.97. The molecule has 0 saturated heterocycles. The summed E-state index contributed by atoms with van der Waals surface area (Å²) in [6.45, 7) is 4.56. The Kier molecular flexibility index (Phi) is 7.86. The van der Waals surface area contributed by atoms with Crippen LogP contribution in [0.4, 0.5) is 5.69 Å². The number of guanidine groups is 1. The first-order valence-corrected chi connectivity index (χ1v) is 10.9. The molecule has 31 heavy (non-hydrogen) atoms. The minimum absolute atomic E-state index is 0.0302. The fourth-order valence-corrected chi connectivity index (χ4v) is 3.55. The van der Waals surface area contributed by atoms with E-state index in [4.69, 9.17) is 0 Å². The third kappa shape index (κ3) is 6.44. The van der Waals surface area contributed by atoms with Gasteiger partial charge in [-0.15, -0.1) is 0 Å². The summed E-state index contributed by atoms with van der Waals surface area (Å²) in [5.41, 5.74) is 1.20. The molecule has 168 valence electrons. The molecule has 0 spiro atoms. The van der Waals surface area contributed by atoms with Gasteiger partial charge in [0, 0.05) is 46.5 Å². The standard InChI is InChI=1S/C22H34N8O/c1-17-25-21-19(12-8-15-30(21)27-17)26-22(24-16-20(31)28(2)3)23-13-9-14-29(4)18-10-6-5-7-11-18/h5-7,10-11,19H,8-9,12-16H2,1-4H3,(H2,23,24,26). The van der Waals surface area contributed by atoms with E-state index in [1.54, 1.807) is 19.0 Å². The minimum atomic E-state index is -0.0347. The molecule has 1 aliphatic heterocycles. The predicted molar refractivity (Wildman–Crippen MR) is 123 cm³/mol. The second kappa shape index (κ2) is 10.8. The first kappa shape index (κ1) is 22.6. The van der Waals surface area contributed by atoms with Crippen LogP contribution in [0.1, 0.15) is 37.0 Å². The number of hydrogen-bond donors (Lipinski definition) is 2. The van der Waals surface area contributed by atoms with E-state index in [1.807, 2.05) is 29.8 Å². The molecule has 2 N–H and O–H groups in total. The smallest absolute Gasteiger partial charge is 0.243 e. The highest BCUT2D eigenvalue weighted by atomic mass is 16.2. The zero-order chi connectivity index (χ0) is 22.2. The number of benzene rings is 1. The number of aromatic nitrogens is 3. The molecule has 9 heteroatoms. The predicted octanol–water partition coefficient (Wildman–Crippen LogP) is 1.57. The van der Waals surface area contributed by atoms with Crippen LogP contribution in [0, 0.1) is 6.92 Å². The van der Waals surface area contributed by atoms with Gasteiger partial charge in [0.2, 0.25) is 5.91 Å². The quantitative estimate of drug-likeness (QED) is 0.378.